The normalized spacial score (nSPS) is 14.8. The van der Waals surface area contributed by atoms with Gasteiger partial charge in [0.2, 0.25) is 0 Å². The minimum Gasteiger partial charge on any atom is -0.462 e. The Morgan fingerprint density at radius 1 is 1.09 bits per heavy atom. The van der Waals surface area contributed by atoms with Gasteiger partial charge in [-0.15, -0.1) is 0 Å². The molecule has 0 spiro atoms. The predicted octanol–water partition coefficient (Wildman–Crippen LogP) is 5.65. The van der Waals surface area contributed by atoms with Crippen molar-refractivity contribution in [2.45, 2.75) is 27.3 Å². The summed E-state index contributed by atoms with van der Waals surface area (Å²) in [5.41, 5.74) is 4.03. The third-order valence-corrected chi connectivity index (χ3v) is 6.44. The molecule has 2 amide bonds. The van der Waals surface area contributed by atoms with Crippen LogP contribution in [0.4, 0.5) is 9.18 Å². The summed E-state index contributed by atoms with van der Waals surface area (Å²) < 4.78 is 21.1. The molecule has 1 aliphatic rings. The molecule has 1 aliphatic heterocycles. The van der Waals surface area contributed by atoms with Crippen LogP contribution in [0.1, 0.15) is 39.8 Å². The van der Waals surface area contributed by atoms with Gasteiger partial charge < -0.3 is 9.30 Å². The van der Waals surface area contributed by atoms with E-state index in [1.165, 1.54) is 6.07 Å². The minimum atomic E-state index is -0.459. The molecule has 4 rings (SSSR count). The highest BCUT2D eigenvalue weighted by Gasteiger charge is 2.35. The van der Waals surface area contributed by atoms with E-state index in [1.807, 2.05) is 30.5 Å². The van der Waals surface area contributed by atoms with Crippen LogP contribution in [0, 0.1) is 19.7 Å². The Hall–Kier alpha value is -3.65. The second-order valence-electron chi connectivity index (χ2n) is 7.79. The number of halogens is 1. The van der Waals surface area contributed by atoms with Crippen LogP contribution in [0.25, 0.3) is 11.8 Å². The van der Waals surface area contributed by atoms with Crippen LogP contribution in [0.3, 0.4) is 0 Å². The van der Waals surface area contributed by atoms with Crippen LogP contribution >= 0.6 is 11.8 Å². The fraction of sp³-hybridized carbons (Fsp3) is 0.192. The third-order valence-electron chi connectivity index (χ3n) is 5.53. The molecule has 1 saturated heterocycles. The molecule has 0 N–H and O–H groups in total. The summed E-state index contributed by atoms with van der Waals surface area (Å²) in [4.78, 5) is 38.9. The lowest BCUT2D eigenvalue weighted by atomic mass is 10.2. The van der Waals surface area contributed by atoms with Crippen LogP contribution in [0.2, 0.25) is 0 Å². The van der Waals surface area contributed by atoms with E-state index in [4.69, 9.17) is 4.74 Å². The van der Waals surface area contributed by atoms with Crippen LogP contribution < -0.4 is 0 Å². The first kappa shape index (κ1) is 23.5. The summed E-state index contributed by atoms with van der Waals surface area (Å²) in [6.45, 7) is 5.76. The second kappa shape index (κ2) is 9.69. The Labute approximate surface area is 201 Å². The maximum absolute atomic E-state index is 14.0. The molecule has 1 aromatic heterocycles. The van der Waals surface area contributed by atoms with E-state index in [0.29, 0.717) is 12.2 Å². The fourth-order valence-corrected chi connectivity index (χ4v) is 4.72. The number of imide groups is 1. The molecule has 0 radical (unpaired) electrons. The molecule has 174 valence electrons. The van der Waals surface area contributed by atoms with Gasteiger partial charge in [-0.3, -0.25) is 14.5 Å². The Balaban J connectivity index is 1.63. The van der Waals surface area contributed by atoms with Crippen LogP contribution in [-0.2, 0) is 16.1 Å². The minimum absolute atomic E-state index is 0.117. The van der Waals surface area contributed by atoms with Gasteiger partial charge >= 0.3 is 5.97 Å². The zero-order valence-electron chi connectivity index (χ0n) is 19.0. The summed E-state index contributed by atoms with van der Waals surface area (Å²) in [5.74, 6) is -1.30. The Kier molecular flexibility index (Phi) is 6.70. The Morgan fingerprint density at radius 2 is 1.85 bits per heavy atom. The van der Waals surface area contributed by atoms with Crippen molar-refractivity contribution in [1.29, 1.82) is 0 Å². The highest BCUT2D eigenvalue weighted by atomic mass is 32.2. The van der Waals surface area contributed by atoms with Crippen molar-refractivity contribution in [2.24, 2.45) is 0 Å². The lowest BCUT2D eigenvalue weighted by molar-refractivity contribution is -0.123. The van der Waals surface area contributed by atoms with Crippen molar-refractivity contribution in [3.63, 3.8) is 0 Å². The van der Waals surface area contributed by atoms with Crippen molar-refractivity contribution in [2.75, 3.05) is 6.61 Å². The number of hydrogen-bond acceptors (Lipinski definition) is 5. The number of hydrogen-bond donors (Lipinski definition) is 0. The standard InChI is InChI=1S/C26H23FN2O4S/c1-4-33-25(31)18-9-7-10-21(13-18)29-16(2)12-20(17(29)3)14-23-24(30)28(26(32)34-23)15-19-8-5-6-11-22(19)27/h5-14H,4,15H2,1-3H3/b23-14-. The number of carbonyl (C=O) groups excluding carboxylic acids is 3. The van der Waals surface area contributed by atoms with Crippen molar-refractivity contribution < 1.29 is 23.5 Å². The highest BCUT2D eigenvalue weighted by Crippen LogP contribution is 2.35. The van der Waals surface area contributed by atoms with Gasteiger partial charge in [-0.25, -0.2) is 9.18 Å². The first-order valence-corrected chi connectivity index (χ1v) is 11.6. The quantitative estimate of drug-likeness (QED) is 0.338. The van der Waals surface area contributed by atoms with Gasteiger partial charge in [-0.05, 0) is 74.5 Å². The van der Waals surface area contributed by atoms with E-state index in [1.54, 1.807) is 49.4 Å². The monoisotopic (exact) mass is 478 g/mol. The highest BCUT2D eigenvalue weighted by molar-refractivity contribution is 8.18. The van der Waals surface area contributed by atoms with Gasteiger partial charge in [0.15, 0.2) is 0 Å². The number of aryl methyl sites for hydroxylation is 1. The number of aromatic nitrogens is 1. The smallest absolute Gasteiger partial charge is 0.338 e. The molecule has 0 saturated carbocycles. The van der Waals surface area contributed by atoms with E-state index in [-0.39, 0.29) is 17.0 Å². The first-order chi connectivity index (χ1) is 16.3. The molecule has 3 aromatic rings. The van der Waals surface area contributed by atoms with Crippen molar-refractivity contribution in [3.05, 3.63) is 93.4 Å². The van der Waals surface area contributed by atoms with Crippen LogP contribution in [0.5, 0.6) is 0 Å². The summed E-state index contributed by atoms with van der Waals surface area (Å²) in [5, 5.41) is -0.435. The molecule has 8 heteroatoms. The van der Waals surface area contributed by atoms with Gasteiger partial charge in [-0.2, -0.15) is 0 Å². The maximum Gasteiger partial charge on any atom is 0.338 e. The summed E-state index contributed by atoms with van der Waals surface area (Å²) in [6.07, 6.45) is 1.68. The van der Waals surface area contributed by atoms with Gasteiger partial charge in [0.05, 0.1) is 23.6 Å². The number of carbonyl (C=O) groups is 3. The van der Waals surface area contributed by atoms with E-state index >= 15 is 0 Å². The number of rotatable bonds is 6. The van der Waals surface area contributed by atoms with Crippen molar-refractivity contribution >= 4 is 35.0 Å². The average molecular weight is 479 g/mol. The van der Waals surface area contributed by atoms with Crippen molar-refractivity contribution in [1.82, 2.24) is 9.47 Å². The molecule has 6 nitrogen and oxygen atoms in total. The molecule has 1 fully saturated rings. The first-order valence-electron chi connectivity index (χ1n) is 10.8. The Morgan fingerprint density at radius 3 is 2.59 bits per heavy atom. The zero-order chi connectivity index (χ0) is 24.4. The van der Waals surface area contributed by atoms with E-state index in [9.17, 15) is 18.8 Å². The molecular formula is C26H23FN2O4S. The molecule has 2 heterocycles. The number of benzene rings is 2. The van der Waals surface area contributed by atoms with Crippen LogP contribution in [-0.4, -0.2) is 33.2 Å². The van der Waals surface area contributed by atoms with Crippen molar-refractivity contribution in [3.8, 4) is 5.69 Å². The van der Waals surface area contributed by atoms with Gasteiger partial charge in [0, 0.05) is 22.6 Å². The Bertz CT molecular complexity index is 1330. The number of ether oxygens (including phenoxy) is 1. The summed E-state index contributed by atoms with van der Waals surface area (Å²) in [7, 11) is 0. The molecule has 0 aliphatic carbocycles. The van der Waals surface area contributed by atoms with E-state index in [0.717, 1.165) is 39.3 Å². The molecule has 0 bridgehead atoms. The third kappa shape index (κ3) is 4.54. The van der Waals surface area contributed by atoms with Crippen LogP contribution in [0.15, 0.2) is 59.5 Å². The fourth-order valence-electron chi connectivity index (χ4n) is 3.89. The predicted molar refractivity (Wildman–Crippen MR) is 129 cm³/mol. The number of amides is 2. The van der Waals surface area contributed by atoms with E-state index in [2.05, 4.69) is 0 Å². The molecule has 2 aromatic carbocycles. The molecular weight excluding hydrogens is 455 g/mol. The molecule has 0 unspecified atom stereocenters. The summed E-state index contributed by atoms with van der Waals surface area (Å²) in [6, 6.07) is 15.1. The van der Waals surface area contributed by atoms with Gasteiger partial charge in [-0.1, -0.05) is 24.3 Å². The van der Waals surface area contributed by atoms with Gasteiger partial charge in [0.25, 0.3) is 11.1 Å². The lowest BCUT2D eigenvalue weighted by Crippen LogP contribution is -2.27. The number of nitrogens with zero attached hydrogens (tertiary/aromatic N) is 2. The maximum atomic E-state index is 14.0. The molecule has 0 atom stereocenters. The molecule has 34 heavy (non-hydrogen) atoms. The van der Waals surface area contributed by atoms with E-state index < -0.39 is 22.9 Å². The zero-order valence-corrected chi connectivity index (χ0v) is 19.8. The topological polar surface area (TPSA) is 68.6 Å². The second-order valence-corrected chi connectivity index (χ2v) is 8.79. The average Bonchev–Trinajstić information content (AvgIpc) is 3.24. The number of thioether (sulfide) groups is 1. The SMILES string of the molecule is CCOC(=O)c1cccc(-n2c(C)cc(/C=C3\SC(=O)N(Cc4ccccc4F)C3=O)c2C)c1. The lowest BCUT2D eigenvalue weighted by Gasteiger charge is -2.12. The summed E-state index contributed by atoms with van der Waals surface area (Å²) >= 11 is 0.839. The van der Waals surface area contributed by atoms with Gasteiger partial charge in [0.1, 0.15) is 5.82 Å². The largest absolute Gasteiger partial charge is 0.462 e. The number of esters is 1.